The Kier molecular flexibility index (Phi) is 3.76. The fourth-order valence-corrected chi connectivity index (χ4v) is 6.31. The smallest absolute Gasteiger partial charge is 0.250 e. The second kappa shape index (κ2) is 6.23. The van der Waals surface area contributed by atoms with Crippen LogP contribution in [0.1, 0.15) is 30.9 Å². The zero-order chi connectivity index (χ0) is 21.5. The van der Waals surface area contributed by atoms with Gasteiger partial charge in [0.05, 0.1) is 17.5 Å². The lowest BCUT2D eigenvalue weighted by Crippen LogP contribution is -2.54. The van der Waals surface area contributed by atoms with Crippen molar-refractivity contribution >= 4 is 29.1 Å². The number of imide groups is 1. The van der Waals surface area contributed by atoms with Crippen molar-refractivity contribution in [3.05, 3.63) is 59.4 Å². The SMILES string of the molecule is CCc1ccc(N2C(=O)C3C4CCCN4C4(C(=O)Nc5ccc(F)cc54)C3C2=O)cc1. The second-order valence-electron chi connectivity index (χ2n) is 8.85. The molecular formula is C24H22FN3O3. The Morgan fingerprint density at radius 2 is 1.87 bits per heavy atom. The first-order valence-electron chi connectivity index (χ1n) is 10.8. The molecule has 7 heteroatoms. The average Bonchev–Trinajstić information content (AvgIpc) is 3.47. The molecule has 4 aliphatic rings. The number of nitrogens with zero attached hydrogens (tertiary/aromatic N) is 2. The number of carbonyl (C=O) groups excluding carboxylic acids is 3. The Balaban J connectivity index is 1.53. The lowest BCUT2D eigenvalue weighted by molar-refractivity contribution is -0.135. The highest BCUT2D eigenvalue weighted by atomic mass is 19.1. The van der Waals surface area contributed by atoms with E-state index in [1.807, 2.05) is 24.0 Å². The van der Waals surface area contributed by atoms with Gasteiger partial charge in [-0.1, -0.05) is 19.1 Å². The van der Waals surface area contributed by atoms with Crippen LogP contribution in [-0.4, -0.2) is 35.2 Å². The molecule has 4 atom stereocenters. The van der Waals surface area contributed by atoms with Crippen LogP contribution in [0.2, 0.25) is 0 Å². The Morgan fingerprint density at radius 1 is 1.10 bits per heavy atom. The maximum absolute atomic E-state index is 14.3. The maximum atomic E-state index is 14.3. The minimum atomic E-state index is -1.34. The molecule has 0 radical (unpaired) electrons. The van der Waals surface area contributed by atoms with Gasteiger partial charge in [0.1, 0.15) is 11.4 Å². The van der Waals surface area contributed by atoms with Crippen LogP contribution < -0.4 is 10.2 Å². The predicted molar refractivity (Wildman–Crippen MR) is 112 cm³/mol. The molecule has 6 nitrogen and oxygen atoms in total. The van der Waals surface area contributed by atoms with E-state index >= 15 is 0 Å². The van der Waals surface area contributed by atoms with E-state index in [2.05, 4.69) is 5.32 Å². The second-order valence-corrected chi connectivity index (χ2v) is 8.85. The summed E-state index contributed by atoms with van der Waals surface area (Å²) < 4.78 is 14.3. The minimum absolute atomic E-state index is 0.207. The molecule has 1 spiro atoms. The maximum Gasteiger partial charge on any atom is 0.250 e. The molecule has 6 rings (SSSR count). The molecule has 158 valence electrons. The van der Waals surface area contributed by atoms with Gasteiger partial charge in [-0.3, -0.25) is 19.3 Å². The van der Waals surface area contributed by atoms with Gasteiger partial charge < -0.3 is 5.32 Å². The molecule has 0 aliphatic carbocycles. The van der Waals surface area contributed by atoms with Gasteiger partial charge >= 0.3 is 0 Å². The van der Waals surface area contributed by atoms with Crippen LogP contribution in [0.25, 0.3) is 0 Å². The molecule has 3 saturated heterocycles. The quantitative estimate of drug-likeness (QED) is 0.760. The number of anilines is 2. The first-order chi connectivity index (χ1) is 15.0. The number of amides is 3. The Hall–Kier alpha value is -3.06. The van der Waals surface area contributed by atoms with Gasteiger partial charge in [0.15, 0.2) is 0 Å². The summed E-state index contributed by atoms with van der Waals surface area (Å²) in [5.41, 5.74) is 1.29. The van der Waals surface area contributed by atoms with E-state index in [0.29, 0.717) is 23.5 Å². The van der Waals surface area contributed by atoms with E-state index in [1.54, 1.807) is 12.1 Å². The topological polar surface area (TPSA) is 69.7 Å². The number of hydrogen-bond donors (Lipinski definition) is 1. The van der Waals surface area contributed by atoms with E-state index in [9.17, 15) is 18.8 Å². The largest absolute Gasteiger partial charge is 0.324 e. The zero-order valence-electron chi connectivity index (χ0n) is 17.1. The zero-order valence-corrected chi connectivity index (χ0v) is 17.1. The van der Waals surface area contributed by atoms with Crippen LogP contribution in [0.5, 0.6) is 0 Å². The normalized spacial score (nSPS) is 31.4. The van der Waals surface area contributed by atoms with Crippen LogP contribution in [0, 0.1) is 17.7 Å². The third-order valence-electron chi connectivity index (χ3n) is 7.56. The molecular weight excluding hydrogens is 397 g/mol. The molecule has 4 heterocycles. The van der Waals surface area contributed by atoms with E-state index < -0.39 is 23.2 Å². The molecule has 4 unspecified atom stereocenters. The van der Waals surface area contributed by atoms with Crippen molar-refractivity contribution in [1.82, 2.24) is 4.90 Å². The number of benzene rings is 2. The summed E-state index contributed by atoms with van der Waals surface area (Å²) in [6.07, 6.45) is 2.43. The van der Waals surface area contributed by atoms with Gasteiger partial charge in [-0.25, -0.2) is 9.29 Å². The number of aryl methyl sites for hydroxylation is 1. The summed E-state index contributed by atoms with van der Waals surface area (Å²) in [6, 6.07) is 11.4. The van der Waals surface area contributed by atoms with Gasteiger partial charge in [-0.15, -0.1) is 0 Å². The fraction of sp³-hybridized carbons (Fsp3) is 0.375. The van der Waals surface area contributed by atoms with Crippen molar-refractivity contribution in [2.75, 3.05) is 16.8 Å². The van der Waals surface area contributed by atoms with E-state index in [1.165, 1.54) is 23.1 Å². The van der Waals surface area contributed by atoms with Gasteiger partial charge in [0.25, 0.3) is 0 Å². The van der Waals surface area contributed by atoms with Crippen molar-refractivity contribution in [2.24, 2.45) is 11.8 Å². The molecule has 3 amide bonds. The Bertz CT molecular complexity index is 1150. The van der Waals surface area contributed by atoms with Gasteiger partial charge in [-0.05, 0) is 61.7 Å². The van der Waals surface area contributed by atoms with Crippen LogP contribution in [0.4, 0.5) is 15.8 Å². The number of fused-ring (bicyclic) bond motifs is 7. The summed E-state index contributed by atoms with van der Waals surface area (Å²) in [7, 11) is 0. The van der Waals surface area contributed by atoms with Gasteiger partial charge in [0, 0.05) is 17.3 Å². The highest BCUT2D eigenvalue weighted by molar-refractivity contribution is 6.25. The van der Waals surface area contributed by atoms with E-state index in [0.717, 1.165) is 24.8 Å². The first-order valence-corrected chi connectivity index (χ1v) is 10.8. The monoisotopic (exact) mass is 419 g/mol. The van der Waals surface area contributed by atoms with Crippen molar-refractivity contribution in [3.8, 4) is 0 Å². The van der Waals surface area contributed by atoms with Crippen LogP contribution in [-0.2, 0) is 26.3 Å². The number of hydrogen-bond acceptors (Lipinski definition) is 4. The van der Waals surface area contributed by atoms with E-state index in [4.69, 9.17) is 0 Å². The average molecular weight is 419 g/mol. The van der Waals surface area contributed by atoms with Crippen molar-refractivity contribution in [2.45, 2.75) is 37.8 Å². The molecule has 0 aromatic heterocycles. The molecule has 1 N–H and O–H groups in total. The van der Waals surface area contributed by atoms with Crippen LogP contribution in [0.3, 0.4) is 0 Å². The molecule has 0 saturated carbocycles. The Morgan fingerprint density at radius 3 is 2.61 bits per heavy atom. The third kappa shape index (κ3) is 2.17. The summed E-state index contributed by atoms with van der Waals surface area (Å²) in [4.78, 5) is 44.1. The van der Waals surface area contributed by atoms with Crippen LogP contribution >= 0.6 is 0 Å². The van der Waals surface area contributed by atoms with E-state index in [-0.39, 0.29) is 23.8 Å². The lowest BCUT2D eigenvalue weighted by atomic mass is 9.75. The molecule has 31 heavy (non-hydrogen) atoms. The first kappa shape index (κ1) is 18.7. The van der Waals surface area contributed by atoms with Crippen LogP contribution in [0.15, 0.2) is 42.5 Å². The highest BCUT2D eigenvalue weighted by Crippen LogP contribution is 2.60. The standard InChI is InChI=1S/C24H22FN3O3/c1-2-13-5-8-15(9-6-13)28-21(29)19-18-4-3-11-27(18)24(20(19)22(28)30)16-12-14(25)7-10-17(16)26-23(24)31/h5-10,12,18-20H,2-4,11H2,1H3,(H,26,31). The van der Waals surface area contributed by atoms with Crippen molar-refractivity contribution in [1.29, 1.82) is 0 Å². The molecule has 0 bridgehead atoms. The van der Waals surface area contributed by atoms with Crippen molar-refractivity contribution < 1.29 is 18.8 Å². The minimum Gasteiger partial charge on any atom is -0.324 e. The molecule has 4 aliphatic heterocycles. The number of halogens is 1. The third-order valence-corrected chi connectivity index (χ3v) is 7.56. The van der Waals surface area contributed by atoms with Gasteiger partial charge in [0.2, 0.25) is 17.7 Å². The molecule has 2 aromatic carbocycles. The number of carbonyl (C=O) groups is 3. The lowest BCUT2D eigenvalue weighted by Gasteiger charge is -2.36. The summed E-state index contributed by atoms with van der Waals surface area (Å²) in [5.74, 6) is -2.90. The summed E-state index contributed by atoms with van der Waals surface area (Å²) in [5, 5.41) is 2.86. The summed E-state index contributed by atoms with van der Waals surface area (Å²) in [6.45, 7) is 2.64. The Labute approximate surface area is 179 Å². The van der Waals surface area contributed by atoms with Gasteiger partial charge in [-0.2, -0.15) is 0 Å². The fourth-order valence-electron chi connectivity index (χ4n) is 6.31. The summed E-state index contributed by atoms with van der Waals surface area (Å²) >= 11 is 0. The highest BCUT2D eigenvalue weighted by Gasteiger charge is 2.74. The number of rotatable bonds is 2. The molecule has 3 fully saturated rings. The van der Waals surface area contributed by atoms with Crippen molar-refractivity contribution in [3.63, 3.8) is 0 Å². The molecule has 2 aromatic rings. The predicted octanol–water partition coefficient (Wildman–Crippen LogP) is 2.82. The number of nitrogens with one attached hydrogen (secondary N) is 1.